The maximum atomic E-state index is 12.6. The zero-order valence-electron chi connectivity index (χ0n) is 18.4. The molecule has 7 nitrogen and oxygen atoms in total. The molecule has 8 heteroatoms. The van der Waals surface area contributed by atoms with Crippen LogP contribution in [-0.2, 0) is 16.0 Å². The van der Waals surface area contributed by atoms with Crippen LogP contribution in [0.15, 0.2) is 66.9 Å². The summed E-state index contributed by atoms with van der Waals surface area (Å²) in [6, 6.07) is 18.3. The molecule has 0 saturated carbocycles. The van der Waals surface area contributed by atoms with Gasteiger partial charge in [-0.25, -0.2) is 14.6 Å². The van der Waals surface area contributed by atoms with E-state index in [1.807, 2.05) is 36.4 Å². The molecule has 1 unspecified atom stereocenters. The van der Waals surface area contributed by atoms with E-state index in [2.05, 4.69) is 22.4 Å². The Morgan fingerprint density at radius 3 is 2.38 bits per heavy atom. The number of nitrogens with one attached hydrogen (secondary N) is 1. The third-order valence-electron chi connectivity index (χ3n) is 6.21. The Labute approximate surface area is 201 Å². The first-order chi connectivity index (χ1) is 16.4. The fourth-order valence-corrected chi connectivity index (χ4v) is 4.77. The predicted octanol–water partition coefficient (Wildman–Crippen LogP) is 4.83. The molecule has 0 bridgehead atoms. The van der Waals surface area contributed by atoms with Crippen molar-refractivity contribution in [3.05, 3.63) is 94.4 Å². The van der Waals surface area contributed by atoms with E-state index < -0.39 is 18.1 Å². The average molecular weight is 476 g/mol. The molecular weight excluding hydrogens is 454 g/mol. The molecule has 1 atom stereocenters. The molecule has 2 heterocycles. The summed E-state index contributed by atoms with van der Waals surface area (Å²) in [5, 5.41) is 12.8. The van der Waals surface area contributed by atoms with Gasteiger partial charge in [-0.15, -0.1) is 0 Å². The Hall–Kier alpha value is -3.84. The van der Waals surface area contributed by atoms with Crippen LogP contribution in [0.5, 0.6) is 0 Å². The van der Waals surface area contributed by atoms with Gasteiger partial charge < -0.3 is 19.6 Å². The number of benzene rings is 2. The van der Waals surface area contributed by atoms with Crippen molar-refractivity contribution in [2.45, 2.75) is 25.3 Å². The van der Waals surface area contributed by atoms with Crippen LogP contribution in [0.1, 0.15) is 28.4 Å². The Balaban J connectivity index is 1.31. The highest BCUT2D eigenvalue weighted by Crippen LogP contribution is 2.44. The van der Waals surface area contributed by atoms with Gasteiger partial charge in [0.05, 0.1) is 10.7 Å². The summed E-state index contributed by atoms with van der Waals surface area (Å²) in [7, 11) is 0. The minimum Gasteiger partial charge on any atom is -0.480 e. The number of pyridine rings is 1. The van der Waals surface area contributed by atoms with Crippen LogP contribution in [0.2, 0.25) is 5.02 Å². The Morgan fingerprint density at radius 1 is 1.09 bits per heavy atom. The van der Waals surface area contributed by atoms with Gasteiger partial charge in [-0.05, 0) is 41.3 Å². The molecule has 2 N–H and O–H groups in total. The number of carbonyl (C=O) groups excluding carboxylic acids is 1. The number of hydrogen-bond donors (Lipinski definition) is 2. The molecular formula is C26H22ClN3O4. The van der Waals surface area contributed by atoms with E-state index in [0.29, 0.717) is 22.1 Å². The van der Waals surface area contributed by atoms with Gasteiger partial charge in [0.2, 0.25) is 0 Å². The molecule has 1 aliphatic carbocycles. The number of aromatic nitrogens is 2. The molecule has 0 saturated heterocycles. The van der Waals surface area contributed by atoms with Crippen molar-refractivity contribution in [1.29, 1.82) is 0 Å². The van der Waals surface area contributed by atoms with Gasteiger partial charge in [0, 0.05) is 24.2 Å². The van der Waals surface area contributed by atoms with Crippen LogP contribution < -0.4 is 5.32 Å². The number of aryl methyl sites for hydroxylation is 1. The smallest absolute Gasteiger partial charge is 0.407 e. The maximum Gasteiger partial charge on any atom is 0.407 e. The number of imidazole rings is 1. The van der Waals surface area contributed by atoms with Crippen LogP contribution in [-0.4, -0.2) is 39.2 Å². The normalized spacial score (nSPS) is 13.4. The molecule has 0 fully saturated rings. The van der Waals surface area contributed by atoms with Crippen LogP contribution >= 0.6 is 11.6 Å². The van der Waals surface area contributed by atoms with Gasteiger partial charge in [-0.3, -0.25) is 0 Å². The first kappa shape index (κ1) is 22.0. The molecule has 2 aromatic heterocycles. The quantitative estimate of drug-likeness (QED) is 0.416. The zero-order valence-corrected chi connectivity index (χ0v) is 19.1. The number of carboxylic acids is 1. The van der Waals surface area contributed by atoms with Crippen LogP contribution in [0.25, 0.3) is 16.8 Å². The highest BCUT2D eigenvalue weighted by molar-refractivity contribution is 6.30. The lowest BCUT2D eigenvalue weighted by molar-refractivity contribution is -0.139. The van der Waals surface area contributed by atoms with E-state index in [1.54, 1.807) is 29.7 Å². The number of aliphatic carboxylic acids is 1. The monoisotopic (exact) mass is 475 g/mol. The first-order valence-corrected chi connectivity index (χ1v) is 11.3. The van der Waals surface area contributed by atoms with E-state index in [1.165, 1.54) is 0 Å². The minimum absolute atomic E-state index is 0.0346. The standard InChI is InChI=1S/C26H22ClN3O4/c1-15-23(30-13-16(27)10-11-24(30)28-15)12-22(25(31)32)29-26(33)34-14-21-19-8-4-2-6-17(19)18-7-3-5-9-20(18)21/h2-11,13,21-22H,12,14H2,1H3,(H,29,33)(H,31,32). The second-order valence-electron chi connectivity index (χ2n) is 8.28. The zero-order chi connectivity index (χ0) is 23.8. The highest BCUT2D eigenvalue weighted by Gasteiger charge is 2.30. The third kappa shape index (κ3) is 3.99. The SMILES string of the molecule is Cc1nc2ccc(Cl)cn2c1CC(NC(=O)OCC1c2ccccc2-c2ccccc21)C(=O)O. The Morgan fingerprint density at radius 2 is 1.74 bits per heavy atom. The summed E-state index contributed by atoms with van der Waals surface area (Å²) in [6.07, 6.45) is 0.935. The number of hydrogen-bond acceptors (Lipinski definition) is 4. The lowest BCUT2D eigenvalue weighted by Crippen LogP contribution is -2.43. The molecule has 2 aromatic carbocycles. The highest BCUT2D eigenvalue weighted by atomic mass is 35.5. The van der Waals surface area contributed by atoms with Crippen molar-refractivity contribution >= 4 is 29.3 Å². The average Bonchev–Trinajstić information content (AvgIpc) is 3.31. The van der Waals surface area contributed by atoms with E-state index in [4.69, 9.17) is 16.3 Å². The Kier molecular flexibility index (Phi) is 5.71. The summed E-state index contributed by atoms with van der Waals surface area (Å²) in [6.45, 7) is 1.90. The number of alkyl carbamates (subject to hydrolysis) is 1. The number of ether oxygens (including phenoxy) is 1. The molecule has 5 rings (SSSR count). The summed E-state index contributed by atoms with van der Waals surface area (Å²) < 4.78 is 7.26. The van der Waals surface area contributed by atoms with Crippen LogP contribution in [0.3, 0.4) is 0 Å². The molecule has 4 aromatic rings. The van der Waals surface area contributed by atoms with E-state index in [-0.39, 0.29) is 18.9 Å². The largest absolute Gasteiger partial charge is 0.480 e. The molecule has 172 valence electrons. The van der Waals surface area contributed by atoms with E-state index in [9.17, 15) is 14.7 Å². The number of fused-ring (bicyclic) bond motifs is 4. The molecule has 1 aliphatic rings. The second kappa shape index (κ2) is 8.83. The topological polar surface area (TPSA) is 92.9 Å². The summed E-state index contributed by atoms with van der Waals surface area (Å²) in [5.41, 5.74) is 6.40. The molecule has 1 amide bonds. The van der Waals surface area contributed by atoms with Crippen LogP contribution in [0, 0.1) is 6.92 Å². The molecule has 0 radical (unpaired) electrons. The van der Waals surface area contributed by atoms with Crippen molar-refractivity contribution in [3.8, 4) is 11.1 Å². The Bertz CT molecular complexity index is 1370. The van der Waals surface area contributed by atoms with Gasteiger partial charge in [0.15, 0.2) is 0 Å². The van der Waals surface area contributed by atoms with Crippen molar-refractivity contribution in [1.82, 2.24) is 14.7 Å². The number of carbonyl (C=O) groups is 2. The fourth-order valence-electron chi connectivity index (χ4n) is 4.61. The van der Waals surface area contributed by atoms with Gasteiger partial charge >= 0.3 is 12.1 Å². The van der Waals surface area contributed by atoms with Gasteiger partial charge in [-0.2, -0.15) is 0 Å². The first-order valence-electron chi connectivity index (χ1n) is 10.9. The third-order valence-corrected chi connectivity index (χ3v) is 6.44. The van der Waals surface area contributed by atoms with Gasteiger partial charge in [0.1, 0.15) is 18.3 Å². The van der Waals surface area contributed by atoms with Crippen molar-refractivity contribution < 1.29 is 19.4 Å². The van der Waals surface area contributed by atoms with Crippen molar-refractivity contribution in [2.75, 3.05) is 6.61 Å². The molecule has 0 aliphatic heterocycles. The summed E-state index contributed by atoms with van der Waals surface area (Å²) in [4.78, 5) is 29.0. The number of amides is 1. The van der Waals surface area contributed by atoms with Crippen molar-refractivity contribution in [3.63, 3.8) is 0 Å². The van der Waals surface area contributed by atoms with E-state index in [0.717, 1.165) is 22.3 Å². The maximum absolute atomic E-state index is 12.6. The lowest BCUT2D eigenvalue weighted by Gasteiger charge is -2.17. The number of halogens is 1. The molecule has 34 heavy (non-hydrogen) atoms. The molecule has 0 spiro atoms. The summed E-state index contributed by atoms with van der Waals surface area (Å²) in [5.74, 6) is -1.27. The van der Waals surface area contributed by atoms with Crippen LogP contribution in [0.4, 0.5) is 4.79 Å². The number of nitrogens with zero attached hydrogens (tertiary/aromatic N) is 2. The minimum atomic E-state index is -1.19. The second-order valence-corrected chi connectivity index (χ2v) is 8.72. The van der Waals surface area contributed by atoms with Crippen molar-refractivity contribution in [2.24, 2.45) is 0 Å². The lowest BCUT2D eigenvalue weighted by atomic mass is 9.98. The van der Waals surface area contributed by atoms with E-state index >= 15 is 0 Å². The number of carboxylic acid groups (broad SMARTS) is 1. The predicted molar refractivity (Wildman–Crippen MR) is 128 cm³/mol. The number of rotatable bonds is 6. The van der Waals surface area contributed by atoms with Gasteiger partial charge in [0.25, 0.3) is 0 Å². The van der Waals surface area contributed by atoms with Gasteiger partial charge in [-0.1, -0.05) is 60.1 Å². The summed E-state index contributed by atoms with van der Waals surface area (Å²) >= 11 is 6.10. The fraction of sp³-hybridized carbons (Fsp3) is 0.192.